The van der Waals surface area contributed by atoms with Crippen LogP contribution in [0, 0.1) is 0 Å². The highest BCUT2D eigenvalue weighted by Gasteiger charge is 2.14. The van der Waals surface area contributed by atoms with E-state index in [2.05, 4.69) is 15.6 Å². The smallest absolute Gasteiger partial charge is 0.257 e. The second kappa shape index (κ2) is 8.84. The number of benzene rings is 2. The van der Waals surface area contributed by atoms with E-state index in [1.165, 1.54) is 23.1 Å². The number of hydrogen-bond donors (Lipinski definition) is 2. The molecule has 2 amide bonds. The fourth-order valence-corrected chi connectivity index (χ4v) is 3.68. The normalized spacial score (nSPS) is 10.3. The van der Waals surface area contributed by atoms with Crippen molar-refractivity contribution in [2.24, 2.45) is 0 Å². The molecule has 0 spiro atoms. The lowest BCUT2D eigenvalue weighted by atomic mass is 10.1. The number of amides is 2. The average Bonchev–Trinajstić information content (AvgIpc) is 3.16. The Labute approximate surface area is 163 Å². The molecule has 0 saturated heterocycles. The maximum atomic E-state index is 12.5. The first kappa shape index (κ1) is 18.4. The molecule has 0 fully saturated rings. The molecule has 2 aromatic carbocycles. The number of carbonyl (C=O) groups is 2. The van der Waals surface area contributed by atoms with Crippen molar-refractivity contribution in [1.82, 2.24) is 4.98 Å². The third-order valence-electron chi connectivity index (χ3n) is 3.28. The van der Waals surface area contributed by atoms with E-state index >= 15 is 0 Å². The number of halogens is 1. The van der Waals surface area contributed by atoms with E-state index < -0.39 is 0 Å². The summed E-state index contributed by atoms with van der Waals surface area (Å²) in [6.07, 6.45) is 1.70. The van der Waals surface area contributed by atoms with Crippen molar-refractivity contribution in [3.63, 3.8) is 0 Å². The standard InChI is InChI=1S/C18H14ClN3O2S2/c19-12-5-7-13(8-6-12)21-17(24)14-3-1-2-4-15(14)22-16(23)11-26-18-20-9-10-25-18/h1-10H,11H2,(H,21,24)(H,22,23). The number of hydrogen-bond acceptors (Lipinski definition) is 5. The summed E-state index contributed by atoms with van der Waals surface area (Å²) in [5, 5.41) is 8.02. The molecule has 1 heterocycles. The summed E-state index contributed by atoms with van der Waals surface area (Å²) in [6.45, 7) is 0. The van der Waals surface area contributed by atoms with Crippen LogP contribution in [0.3, 0.4) is 0 Å². The third kappa shape index (κ3) is 5.08. The molecule has 3 aromatic rings. The Morgan fingerprint density at radius 3 is 2.58 bits per heavy atom. The number of aromatic nitrogens is 1. The first-order valence-electron chi connectivity index (χ1n) is 7.60. The minimum absolute atomic E-state index is 0.197. The van der Waals surface area contributed by atoms with Gasteiger partial charge in [-0.1, -0.05) is 35.5 Å². The molecule has 5 nitrogen and oxygen atoms in total. The van der Waals surface area contributed by atoms with Gasteiger partial charge in [0.05, 0.1) is 17.0 Å². The minimum atomic E-state index is -0.309. The number of anilines is 2. The lowest BCUT2D eigenvalue weighted by Gasteiger charge is -2.11. The van der Waals surface area contributed by atoms with Crippen molar-refractivity contribution in [3.05, 3.63) is 70.7 Å². The lowest BCUT2D eigenvalue weighted by molar-refractivity contribution is -0.113. The Hall–Kier alpha value is -2.35. The van der Waals surface area contributed by atoms with Crippen LogP contribution < -0.4 is 10.6 Å². The number of nitrogens with one attached hydrogen (secondary N) is 2. The van der Waals surface area contributed by atoms with Crippen LogP contribution in [0.5, 0.6) is 0 Å². The predicted molar refractivity (Wildman–Crippen MR) is 107 cm³/mol. The Morgan fingerprint density at radius 2 is 1.85 bits per heavy atom. The van der Waals surface area contributed by atoms with Crippen LogP contribution in [0.4, 0.5) is 11.4 Å². The van der Waals surface area contributed by atoms with Crippen LogP contribution in [0.25, 0.3) is 0 Å². The molecule has 3 rings (SSSR count). The highest BCUT2D eigenvalue weighted by atomic mass is 35.5. The quantitative estimate of drug-likeness (QED) is 0.581. The van der Waals surface area contributed by atoms with Crippen molar-refractivity contribution >= 4 is 57.9 Å². The zero-order valence-corrected chi connectivity index (χ0v) is 15.8. The summed E-state index contributed by atoms with van der Waals surface area (Å²) in [7, 11) is 0. The Morgan fingerprint density at radius 1 is 1.08 bits per heavy atom. The van der Waals surface area contributed by atoms with Crippen LogP contribution in [0.2, 0.25) is 5.02 Å². The van der Waals surface area contributed by atoms with Gasteiger partial charge in [-0.3, -0.25) is 9.59 Å². The fraction of sp³-hybridized carbons (Fsp3) is 0.0556. The molecule has 1 aromatic heterocycles. The minimum Gasteiger partial charge on any atom is -0.325 e. The zero-order chi connectivity index (χ0) is 18.4. The van der Waals surface area contributed by atoms with Gasteiger partial charge in [0, 0.05) is 22.3 Å². The number of thiazole rings is 1. The molecule has 0 aliphatic rings. The molecule has 0 aliphatic heterocycles. The topological polar surface area (TPSA) is 71.1 Å². The molecular weight excluding hydrogens is 390 g/mol. The molecule has 132 valence electrons. The molecule has 0 unspecified atom stereocenters. The van der Waals surface area contributed by atoms with Crippen molar-refractivity contribution in [2.75, 3.05) is 16.4 Å². The summed E-state index contributed by atoms with van der Waals surface area (Å²) in [6, 6.07) is 13.7. The van der Waals surface area contributed by atoms with Crippen molar-refractivity contribution < 1.29 is 9.59 Å². The fourth-order valence-electron chi connectivity index (χ4n) is 2.12. The first-order valence-corrected chi connectivity index (χ1v) is 9.84. The third-order valence-corrected chi connectivity index (χ3v) is 5.50. The van der Waals surface area contributed by atoms with E-state index in [1.54, 1.807) is 54.7 Å². The molecule has 8 heteroatoms. The highest BCUT2D eigenvalue weighted by molar-refractivity contribution is 8.01. The largest absolute Gasteiger partial charge is 0.325 e. The molecule has 0 bridgehead atoms. The van der Waals surface area contributed by atoms with E-state index in [9.17, 15) is 9.59 Å². The van der Waals surface area contributed by atoms with Gasteiger partial charge in [0.25, 0.3) is 5.91 Å². The van der Waals surface area contributed by atoms with Gasteiger partial charge in [-0.15, -0.1) is 11.3 Å². The van der Waals surface area contributed by atoms with Gasteiger partial charge in [-0.05, 0) is 36.4 Å². The van der Waals surface area contributed by atoms with Gasteiger partial charge >= 0.3 is 0 Å². The molecule has 0 atom stereocenters. The van der Waals surface area contributed by atoms with Crippen LogP contribution >= 0.6 is 34.7 Å². The van der Waals surface area contributed by atoms with Crippen LogP contribution in [0.15, 0.2) is 64.4 Å². The lowest BCUT2D eigenvalue weighted by Crippen LogP contribution is -2.19. The second-order valence-corrected chi connectivity index (χ2v) is 7.69. The van der Waals surface area contributed by atoms with Gasteiger partial charge in [0.2, 0.25) is 5.91 Å². The second-order valence-electron chi connectivity index (χ2n) is 5.14. The van der Waals surface area contributed by atoms with Gasteiger partial charge in [-0.25, -0.2) is 4.98 Å². The molecule has 0 radical (unpaired) electrons. The monoisotopic (exact) mass is 403 g/mol. The van der Waals surface area contributed by atoms with Gasteiger partial charge < -0.3 is 10.6 Å². The van der Waals surface area contributed by atoms with Gasteiger partial charge in [-0.2, -0.15) is 0 Å². The predicted octanol–water partition coefficient (Wildman–Crippen LogP) is 4.78. The maximum absolute atomic E-state index is 12.5. The molecule has 0 aliphatic carbocycles. The van der Waals surface area contributed by atoms with Crippen molar-refractivity contribution in [2.45, 2.75) is 4.34 Å². The Bertz CT molecular complexity index is 899. The van der Waals surface area contributed by atoms with Crippen LogP contribution in [-0.4, -0.2) is 22.6 Å². The van der Waals surface area contributed by atoms with E-state index in [1.807, 2.05) is 5.38 Å². The number of nitrogens with zero attached hydrogens (tertiary/aromatic N) is 1. The van der Waals surface area contributed by atoms with E-state index in [-0.39, 0.29) is 17.6 Å². The van der Waals surface area contributed by atoms with E-state index in [0.29, 0.717) is 22.0 Å². The molecule has 0 saturated carbocycles. The Kier molecular flexibility index (Phi) is 6.27. The van der Waals surface area contributed by atoms with E-state index in [0.717, 1.165) is 4.34 Å². The first-order chi connectivity index (χ1) is 12.6. The van der Waals surface area contributed by atoms with Crippen LogP contribution in [-0.2, 0) is 4.79 Å². The van der Waals surface area contributed by atoms with Crippen molar-refractivity contribution in [1.29, 1.82) is 0 Å². The summed E-state index contributed by atoms with van der Waals surface area (Å²) in [5.41, 5.74) is 1.47. The highest BCUT2D eigenvalue weighted by Crippen LogP contribution is 2.22. The number of thioether (sulfide) groups is 1. The summed E-state index contributed by atoms with van der Waals surface area (Å²) in [4.78, 5) is 28.8. The number of para-hydroxylation sites is 1. The van der Waals surface area contributed by atoms with Gasteiger partial charge in [0.1, 0.15) is 4.34 Å². The number of carbonyl (C=O) groups excluding carboxylic acids is 2. The average molecular weight is 404 g/mol. The molecule has 2 N–H and O–H groups in total. The number of rotatable bonds is 6. The summed E-state index contributed by atoms with van der Waals surface area (Å²) >= 11 is 8.68. The SMILES string of the molecule is O=C(CSc1nccs1)Nc1ccccc1C(=O)Nc1ccc(Cl)cc1. The maximum Gasteiger partial charge on any atom is 0.257 e. The van der Waals surface area contributed by atoms with Gasteiger partial charge in [0.15, 0.2) is 0 Å². The summed E-state index contributed by atoms with van der Waals surface area (Å²) < 4.78 is 0.828. The molecule has 26 heavy (non-hydrogen) atoms. The van der Waals surface area contributed by atoms with E-state index in [4.69, 9.17) is 11.6 Å². The van der Waals surface area contributed by atoms with Crippen molar-refractivity contribution in [3.8, 4) is 0 Å². The Balaban J connectivity index is 1.66. The zero-order valence-electron chi connectivity index (χ0n) is 13.4. The summed E-state index contributed by atoms with van der Waals surface area (Å²) in [5.74, 6) is -0.284. The van der Waals surface area contributed by atoms with Crippen LogP contribution in [0.1, 0.15) is 10.4 Å². The molecular formula is C18H14ClN3O2S2.